The van der Waals surface area contributed by atoms with E-state index in [4.69, 9.17) is 0 Å². The molecule has 108 valence electrons. The molecule has 0 aromatic heterocycles. The van der Waals surface area contributed by atoms with Crippen molar-refractivity contribution in [1.29, 1.82) is 0 Å². The van der Waals surface area contributed by atoms with E-state index in [1.54, 1.807) is 23.9 Å². The Kier molecular flexibility index (Phi) is 6.34. The first-order valence-corrected chi connectivity index (χ1v) is 6.86. The Balaban J connectivity index is 2.40. The Bertz CT molecular complexity index is 375. The van der Waals surface area contributed by atoms with Gasteiger partial charge in [-0.25, -0.2) is 0 Å². The molecule has 0 bridgehead atoms. The van der Waals surface area contributed by atoms with Gasteiger partial charge in [0.15, 0.2) is 6.61 Å². The molecule has 0 aliphatic carbocycles. The number of nitrogens with one attached hydrogen (secondary N) is 1. The summed E-state index contributed by atoms with van der Waals surface area (Å²) in [4.78, 5) is 1.05. The van der Waals surface area contributed by atoms with Gasteiger partial charge in [-0.1, -0.05) is 6.08 Å². The van der Waals surface area contributed by atoms with Gasteiger partial charge >= 0.3 is 6.18 Å². The molecule has 1 rings (SSSR count). The first-order chi connectivity index (χ1) is 8.87. The molecule has 0 amide bonds. The van der Waals surface area contributed by atoms with Gasteiger partial charge in [-0.3, -0.25) is 0 Å². The van der Waals surface area contributed by atoms with Crippen molar-refractivity contribution in [1.82, 2.24) is 5.32 Å². The van der Waals surface area contributed by atoms with Crippen LogP contribution < -0.4 is 5.32 Å². The van der Waals surface area contributed by atoms with E-state index in [1.807, 2.05) is 13.1 Å². The molecule has 0 aromatic rings. The average Bonchev–Trinajstić information content (AvgIpc) is 2.34. The third-order valence-corrected chi connectivity index (χ3v) is 3.56. The normalized spacial score (nSPS) is 21.2. The van der Waals surface area contributed by atoms with Gasteiger partial charge < -0.3 is 10.1 Å². The van der Waals surface area contributed by atoms with Crippen molar-refractivity contribution in [2.24, 2.45) is 0 Å². The zero-order chi connectivity index (χ0) is 14.3. The van der Waals surface area contributed by atoms with E-state index in [0.29, 0.717) is 5.25 Å². The Morgan fingerprint density at radius 2 is 2.16 bits per heavy atom. The lowest BCUT2D eigenvalue weighted by Gasteiger charge is -2.16. The van der Waals surface area contributed by atoms with Crippen molar-refractivity contribution < 1.29 is 17.9 Å². The monoisotopic (exact) mass is 293 g/mol. The van der Waals surface area contributed by atoms with Crippen molar-refractivity contribution in [3.05, 3.63) is 35.1 Å². The summed E-state index contributed by atoms with van der Waals surface area (Å²) in [5.74, 6) is 0.262. The van der Waals surface area contributed by atoms with Crippen LogP contribution in [0.5, 0.6) is 0 Å². The third kappa shape index (κ3) is 7.87. The van der Waals surface area contributed by atoms with Crippen LogP contribution in [0.4, 0.5) is 13.2 Å². The van der Waals surface area contributed by atoms with Crippen molar-refractivity contribution >= 4 is 11.8 Å². The van der Waals surface area contributed by atoms with Crippen LogP contribution in [0.1, 0.15) is 20.3 Å². The molecular formula is C13H18F3NOS. The fourth-order valence-electron chi connectivity index (χ4n) is 1.44. The molecule has 0 aromatic carbocycles. The number of alkyl halides is 3. The van der Waals surface area contributed by atoms with E-state index in [-0.39, 0.29) is 5.76 Å². The molecule has 1 aliphatic rings. The molecule has 1 unspecified atom stereocenters. The Morgan fingerprint density at radius 1 is 1.42 bits per heavy atom. The fraction of sp³-hybridized carbons (Fsp3) is 0.538. The van der Waals surface area contributed by atoms with Gasteiger partial charge in [-0.05, 0) is 43.5 Å². The Morgan fingerprint density at radius 3 is 2.74 bits per heavy atom. The fourth-order valence-corrected chi connectivity index (χ4v) is 2.45. The molecule has 1 heterocycles. The van der Waals surface area contributed by atoms with Gasteiger partial charge in [0.1, 0.15) is 0 Å². The van der Waals surface area contributed by atoms with Crippen molar-refractivity contribution in [2.75, 3.05) is 13.2 Å². The number of allylic oxidation sites excluding steroid dienone is 4. The van der Waals surface area contributed by atoms with Crippen LogP contribution in [0.15, 0.2) is 35.1 Å². The molecule has 0 radical (unpaired) electrons. The lowest BCUT2D eigenvalue weighted by Crippen LogP contribution is -2.18. The van der Waals surface area contributed by atoms with E-state index in [2.05, 4.69) is 16.1 Å². The van der Waals surface area contributed by atoms with Gasteiger partial charge in [0, 0.05) is 11.8 Å². The predicted molar refractivity (Wildman–Crippen MR) is 72.7 cm³/mol. The van der Waals surface area contributed by atoms with Crippen molar-refractivity contribution in [2.45, 2.75) is 31.7 Å². The summed E-state index contributed by atoms with van der Waals surface area (Å²) >= 11 is 1.70. The van der Waals surface area contributed by atoms with E-state index >= 15 is 0 Å². The van der Waals surface area contributed by atoms with Crippen LogP contribution in [0.25, 0.3) is 0 Å². The molecule has 1 N–H and O–H groups in total. The minimum absolute atomic E-state index is 0.262. The molecule has 0 saturated carbocycles. The molecule has 6 heteroatoms. The van der Waals surface area contributed by atoms with E-state index in [9.17, 15) is 13.2 Å². The summed E-state index contributed by atoms with van der Waals surface area (Å²) in [7, 11) is 0. The third-order valence-electron chi connectivity index (χ3n) is 2.36. The largest absolute Gasteiger partial charge is 0.489 e. The van der Waals surface area contributed by atoms with Gasteiger partial charge in [-0.15, -0.1) is 11.8 Å². The minimum Gasteiger partial charge on any atom is -0.489 e. The smallest absolute Gasteiger partial charge is 0.422 e. The summed E-state index contributed by atoms with van der Waals surface area (Å²) in [5.41, 5.74) is 0. The first-order valence-electron chi connectivity index (χ1n) is 5.98. The summed E-state index contributed by atoms with van der Waals surface area (Å²) in [6, 6.07) is 0. The molecule has 0 spiro atoms. The Labute approximate surface area is 115 Å². The second-order valence-electron chi connectivity index (χ2n) is 4.22. The highest BCUT2D eigenvalue weighted by molar-refractivity contribution is 8.03. The number of ether oxygens (including phenoxy) is 1. The van der Waals surface area contributed by atoms with Gasteiger partial charge in [-0.2, -0.15) is 13.2 Å². The molecule has 0 saturated heterocycles. The van der Waals surface area contributed by atoms with Crippen LogP contribution in [0.3, 0.4) is 0 Å². The highest BCUT2D eigenvalue weighted by atomic mass is 32.2. The van der Waals surface area contributed by atoms with Crippen molar-refractivity contribution in [3.63, 3.8) is 0 Å². The van der Waals surface area contributed by atoms with E-state index in [0.717, 1.165) is 17.9 Å². The lowest BCUT2D eigenvalue weighted by atomic mass is 10.2. The number of hydrogen-bond donors (Lipinski definition) is 1. The van der Waals surface area contributed by atoms with Crippen LogP contribution in [-0.2, 0) is 4.74 Å². The number of thioether (sulfide) groups is 1. The second-order valence-corrected chi connectivity index (χ2v) is 5.70. The van der Waals surface area contributed by atoms with Crippen LogP contribution in [0.2, 0.25) is 0 Å². The van der Waals surface area contributed by atoms with Gasteiger partial charge in [0.25, 0.3) is 0 Å². The average molecular weight is 293 g/mol. The quantitative estimate of drug-likeness (QED) is 0.612. The van der Waals surface area contributed by atoms with Crippen LogP contribution in [-0.4, -0.2) is 24.6 Å². The topological polar surface area (TPSA) is 21.3 Å². The highest BCUT2D eigenvalue weighted by Gasteiger charge is 2.28. The number of rotatable bonds is 5. The van der Waals surface area contributed by atoms with Gasteiger partial charge in [0.05, 0.1) is 5.76 Å². The summed E-state index contributed by atoms with van der Waals surface area (Å²) in [5, 5.41) is 3.54. The maximum absolute atomic E-state index is 11.9. The molecule has 0 fully saturated rings. The standard InChI is InChI=1S/C13H18F3NOS/c1-10(18-9-13(14,15)16)3-4-11(2)19-12-5-7-17-8-6-12/h3-5,7,12,17H,6,8-9H2,1-2H3/b10-3+,11-4+. The lowest BCUT2D eigenvalue weighted by molar-refractivity contribution is -0.164. The van der Waals surface area contributed by atoms with Gasteiger partial charge in [0.2, 0.25) is 0 Å². The van der Waals surface area contributed by atoms with E-state index < -0.39 is 12.8 Å². The summed E-state index contributed by atoms with van der Waals surface area (Å²) in [6.07, 6.45) is 4.12. The second kappa shape index (κ2) is 7.53. The molecule has 1 aliphatic heterocycles. The van der Waals surface area contributed by atoms with E-state index in [1.165, 1.54) is 6.92 Å². The SMILES string of the molecule is C/C(=C\C=C(/C)SC1C=CNCC1)OCC(F)(F)F. The zero-order valence-electron chi connectivity index (χ0n) is 11.0. The minimum atomic E-state index is -4.29. The van der Waals surface area contributed by atoms with Crippen LogP contribution in [0, 0.1) is 0 Å². The summed E-state index contributed by atoms with van der Waals surface area (Å²) < 4.78 is 40.4. The molecule has 19 heavy (non-hydrogen) atoms. The highest BCUT2D eigenvalue weighted by Crippen LogP contribution is 2.26. The van der Waals surface area contributed by atoms with Crippen LogP contribution >= 0.6 is 11.8 Å². The maximum Gasteiger partial charge on any atom is 0.422 e. The number of halogens is 3. The zero-order valence-corrected chi connectivity index (χ0v) is 11.8. The molecule has 1 atom stereocenters. The maximum atomic E-state index is 11.9. The van der Waals surface area contributed by atoms with Crippen molar-refractivity contribution in [3.8, 4) is 0 Å². The predicted octanol–water partition coefficient (Wildman–Crippen LogP) is 3.98. The first kappa shape index (κ1) is 16.0. The molecule has 2 nitrogen and oxygen atoms in total. The number of hydrogen-bond acceptors (Lipinski definition) is 3. The summed E-state index contributed by atoms with van der Waals surface area (Å²) in [6.45, 7) is 3.16. The molecular weight excluding hydrogens is 275 g/mol. The Hall–Kier alpha value is -1.04.